The lowest BCUT2D eigenvalue weighted by Crippen LogP contribution is -2.36. The van der Waals surface area contributed by atoms with Crippen LogP contribution in [0.5, 0.6) is 0 Å². The van der Waals surface area contributed by atoms with Gasteiger partial charge in [0.25, 0.3) is 0 Å². The van der Waals surface area contributed by atoms with Crippen LogP contribution >= 0.6 is 0 Å². The molecular weight excluding hydrogens is 353 g/mol. The maximum atomic E-state index is 14.1. The molecule has 28 heavy (non-hydrogen) atoms. The van der Waals surface area contributed by atoms with Crippen LogP contribution in [0, 0.1) is 30.0 Å². The molecular formula is C23H22FN3O. The predicted molar refractivity (Wildman–Crippen MR) is 107 cm³/mol. The zero-order valence-electron chi connectivity index (χ0n) is 15.8. The number of rotatable bonds is 3. The van der Waals surface area contributed by atoms with Crippen molar-refractivity contribution in [2.24, 2.45) is 5.92 Å². The second kappa shape index (κ2) is 7.57. The fourth-order valence-corrected chi connectivity index (χ4v) is 4.21. The maximum Gasteiger partial charge on any atom is 0.124 e. The number of aryl methyl sites for hydroxylation is 1. The number of nitriles is 1. The van der Waals surface area contributed by atoms with Gasteiger partial charge >= 0.3 is 0 Å². The van der Waals surface area contributed by atoms with E-state index in [-0.39, 0.29) is 11.7 Å². The van der Waals surface area contributed by atoms with E-state index in [1.54, 1.807) is 6.20 Å². The first-order chi connectivity index (χ1) is 13.6. The average Bonchev–Trinajstić information content (AvgIpc) is 2.73. The van der Waals surface area contributed by atoms with Gasteiger partial charge in [0.15, 0.2) is 0 Å². The molecule has 3 aromatic rings. The molecule has 1 fully saturated rings. The Kier molecular flexibility index (Phi) is 4.97. The Balaban J connectivity index is 1.63. The summed E-state index contributed by atoms with van der Waals surface area (Å²) in [6.45, 7) is 3.24. The number of halogens is 1. The van der Waals surface area contributed by atoms with Crippen molar-refractivity contribution in [3.8, 4) is 6.07 Å². The number of hydrogen-bond donors (Lipinski definition) is 1. The van der Waals surface area contributed by atoms with Crippen LogP contribution in [-0.2, 0) is 0 Å². The Morgan fingerprint density at radius 3 is 2.61 bits per heavy atom. The maximum absolute atomic E-state index is 14.1. The fourth-order valence-electron chi connectivity index (χ4n) is 4.21. The lowest BCUT2D eigenvalue weighted by atomic mass is 9.87. The van der Waals surface area contributed by atoms with Crippen LogP contribution in [0.1, 0.15) is 35.6 Å². The second-order valence-electron chi connectivity index (χ2n) is 7.43. The zero-order chi connectivity index (χ0) is 19.7. The molecule has 0 bridgehead atoms. The Bertz CT molecular complexity index is 1040. The quantitative estimate of drug-likeness (QED) is 0.732. The molecule has 4 rings (SSSR count). The van der Waals surface area contributed by atoms with E-state index in [0.29, 0.717) is 24.0 Å². The third-order valence-corrected chi connectivity index (χ3v) is 5.66. The van der Waals surface area contributed by atoms with Gasteiger partial charge in [0, 0.05) is 24.7 Å². The van der Waals surface area contributed by atoms with Crippen molar-refractivity contribution in [3.05, 3.63) is 71.2 Å². The van der Waals surface area contributed by atoms with E-state index < -0.39 is 6.10 Å². The van der Waals surface area contributed by atoms with E-state index in [4.69, 9.17) is 0 Å². The number of aromatic nitrogens is 1. The summed E-state index contributed by atoms with van der Waals surface area (Å²) < 4.78 is 14.1. The molecule has 1 aliphatic heterocycles. The number of benzene rings is 2. The Labute approximate surface area is 163 Å². The molecule has 1 aliphatic rings. The lowest BCUT2D eigenvalue weighted by molar-refractivity contribution is 0.0930. The minimum absolute atomic E-state index is 0.163. The third kappa shape index (κ3) is 3.32. The number of pyridine rings is 1. The minimum Gasteiger partial charge on any atom is -0.388 e. The van der Waals surface area contributed by atoms with E-state index in [9.17, 15) is 14.8 Å². The van der Waals surface area contributed by atoms with E-state index in [1.165, 1.54) is 12.1 Å². The second-order valence-corrected chi connectivity index (χ2v) is 7.43. The number of aliphatic hydroxyl groups excluding tert-OH is 1. The smallest absolute Gasteiger partial charge is 0.124 e. The molecule has 0 radical (unpaired) electrons. The number of anilines is 1. The van der Waals surface area contributed by atoms with Crippen molar-refractivity contribution in [1.82, 2.24) is 4.98 Å². The van der Waals surface area contributed by atoms with Crippen LogP contribution in [0.25, 0.3) is 10.9 Å². The molecule has 2 heterocycles. The van der Waals surface area contributed by atoms with Crippen LogP contribution in [0.3, 0.4) is 0 Å². The summed E-state index contributed by atoms with van der Waals surface area (Å²) in [6, 6.07) is 14.9. The van der Waals surface area contributed by atoms with Crippen LogP contribution in [-0.4, -0.2) is 23.2 Å². The van der Waals surface area contributed by atoms with Crippen molar-refractivity contribution >= 4 is 16.6 Å². The molecule has 1 unspecified atom stereocenters. The lowest BCUT2D eigenvalue weighted by Gasteiger charge is -2.36. The summed E-state index contributed by atoms with van der Waals surface area (Å²) in [5, 5.41) is 21.0. The largest absolute Gasteiger partial charge is 0.388 e. The molecule has 0 amide bonds. The van der Waals surface area contributed by atoms with Crippen molar-refractivity contribution in [1.29, 1.82) is 5.26 Å². The summed E-state index contributed by atoms with van der Waals surface area (Å²) in [6.07, 6.45) is 2.69. The van der Waals surface area contributed by atoms with Gasteiger partial charge in [-0.05, 0) is 48.9 Å². The highest BCUT2D eigenvalue weighted by atomic mass is 19.1. The Morgan fingerprint density at radius 2 is 1.93 bits per heavy atom. The molecule has 2 aromatic carbocycles. The highest BCUT2D eigenvalue weighted by Crippen LogP contribution is 2.37. The first-order valence-corrected chi connectivity index (χ1v) is 9.55. The van der Waals surface area contributed by atoms with E-state index in [1.807, 2.05) is 37.3 Å². The van der Waals surface area contributed by atoms with E-state index in [2.05, 4.69) is 16.0 Å². The molecule has 1 aromatic heterocycles. The van der Waals surface area contributed by atoms with Crippen molar-refractivity contribution in [3.63, 3.8) is 0 Å². The molecule has 142 valence electrons. The Morgan fingerprint density at radius 1 is 1.21 bits per heavy atom. The van der Waals surface area contributed by atoms with Crippen LogP contribution in [0.4, 0.5) is 10.1 Å². The molecule has 5 heteroatoms. The number of nitrogens with zero attached hydrogens (tertiary/aromatic N) is 3. The monoisotopic (exact) mass is 375 g/mol. The molecule has 0 spiro atoms. The van der Waals surface area contributed by atoms with Crippen LogP contribution < -0.4 is 4.90 Å². The average molecular weight is 375 g/mol. The SMILES string of the molecule is Cc1cc(F)cc2c(N3CCC(C(O)c4ccccc4)CC3)c(C#N)cnc12. The topological polar surface area (TPSA) is 60.1 Å². The van der Waals surface area contributed by atoms with E-state index in [0.717, 1.165) is 35.2 Å². The first-order valence-electron chi connectivity index (χ1n) is 9.55. The minimum atomic E-state index is -0.493. The van der Waals surface area contributed by atoms with Gasteiger partial charge in [0.2, 0.25) is 0 Å². The molecule has 4 nitrogen and oxygen atoms in total. The van der Waals surface area contributed by atoms with Crippen molar-refractivity contribution in [2.75, 3.05) is 18.0 Å². The highest BCUT2D eigenvalue weighted by molar-refractivity contribution is 5.96. The number of piperidine rings is 1. The number of hydrogen-bond acceptors (Lipinski definition) is 4. The van der Waals surface area contributed by atoms with Gasteiger partial charge in [-0.3, -0.25) is 4.98 Å². The molecule has 0 saturated carbocycles. The normalized spacial score (nSPS) is 16.1. The Hall–Kier alpha value is -2.97. The van der Waals surface area contributed by atoms with Gasteiger partial charge in [-0.1, -0.05) is 30.3 Å². The van der Waals surface area contributed by atoms with Crippen LogP contribution in [0.2, 0.25) is 0 Å². The number of fused-ring (bicyclic) bond motifs is 1. The fraction of sp³-hybridized carbons (Fsp3) is 0.304. The van der Waals surface area contributed by atoms with Gasteiger partial charge in [-0.25, -0.2) is 4.39 Å². The molecule has 1 atom stereocenters. The number of aliphatic hydroxyl groups is 1. The van der Waals surface area contributed by atoms with Gasteiger partial charge in [-0.2, -0.15) is 5.26 Å². The first kappa shape index (κ1) is 18.4. The van der Waals surface area contributed by atoms with E-state index >= 15 is 0 Å². The van der Waals surface area contributed by atoms with Gasteiger partial charge < -0.3 is 10.0 Å². The predicted octanol–water partition coefficient (Wildman–Crippen LogP) is 4.50. The third-order valence-electron chi connectivity index (χ3n) is 5.66. The zero-order valence-corrected chi connectivity index (χ0v) is 15.8. The molecule has 1 N–H and O–H groups in total. The summed E-state index contributed by atoms with van der Waals surface area (Å²) in [4.78, 5) is 6.51. The summed E-state index contributed by atoms with van der Waals surface area (Å²) >= 11 is 0. The summed E-state index contributed by atoms with van der Waals surface area (Å²) in [5.74, 6) is -0.159. The standard InChI is InChI=1S/C23H22FN3O/c1-15-11-19(24)12-20-21(15)26-14-18(13-25)22(20)27-9-7-17(8-10-27)23(28)16-5-3-2-4-6-16/h2-6,11-12,14,17,23,28H,7-10H2,1H3. The summed E-state index contributed by atoms with van der Waals surface area (Å²) in [7, 11) is 0. The summed E-state index contributed by atoms with van der Waals surface area (Å²) in [5.41, 5.74) is 3.63. The van der Waals surface area contributed by atoms with Crippen molar-refractivity contribution < 1.29 is 9.50 Å². The van der Waals surface area contributed by atoms with Gasteiger partial charge in [0.05, 0.1) is 22.9 Å². The van der Waals surface area contributed by atoms with Crippen LogP contribution in [0.15, 0.2) is 48.7 Å². The van der Waals surface area contributed by atoms with Gasteiger partial charge in [0.1, 0.15) is 11.9 Å². The van der Waals surface area contributed by atoms with Crippen molar-refractivity contribution in [2.45, 2.75) is 25.9 Å². The molecule has 1 saturated heterocycles. The molecule has 0 aliphatic carbocycles. The highest BCUT2D eigenvalue weighted by Gasteiger charge is 2.28. The van der Waals surface area contributed by atoms with Gasteiger partial charge in [-0.15, -0.1) is 0 Å².